The molecule has 6 heteroatoms. The number of benzene rings is 1. The molecule has 0 radical (unpaired) electrons. The van der Waals surface area contributed by atoms with Gasteiger partial charge in [0.05, 0.1) is 17.4 Å². The van der Waals surface area contributed by atoms with Gasteiger partial charge in [-0.15, -0.1) is 0 Å². The van der Waals surface area contributed by atoms with Gasteiger partial charge in [-0.3, -0.25) is 0 Å². The first-order valence-electron chi connectivity index (χ1n) is 6.33. The molecule has 20 heavy (non-hydrogen) atoms. The molecule has 1 aromatic carbocycles. The van der Waals surface area contributed by atoms with E-state index in [4.69, 9.17) is 0 Å². The van der Waals surface area contributed by atoms with Gasteiger partial charge in [0.15, 0.2) is 5.69 Å². The number of rotatable bonds is 2. The van der Waals surface area contributed by atoms with E-state index < -0.39 is 17.9 Å². The normalized spacial score (nSPS) is 17.8. The van der Waals surface area contributed by atoms with Gasteiger partial charge in [-0.05, 0) is 18.6 Å². The highest BCUT2D eigenvalue weighted by Gasteiger charge is 2.28. The number of carboxylic acids is 1. The van der Waals surface area contributed by atoms with E-state index in [1.165, 1.54) is 6.07 Å². The summed E-state index contributed by atoms with van der Waals surface area (Å²) >= 11 is 0. The molecule has 1 aliphatic heterocycles. The van der Waals surface area contributed by atoms with Crippen LogP contribution in [0.3, 0.4) is 0 Å². The highest BCUT2D eigenvalue weighted by atomic mass is 19.1. The summed E-state index contributed by atoms with van der Waals surface area (Å²) in [6.07, 6.45) is 0.151. The van der Waals surface area contributed by atoms with Crippen LogP contribution in [0.4, 0.5) is 4.39 Å². The fourth-order valence-electron chi connectivity index (χ4n) is 2.56. The molecule has 2 N–H and O–H groups in total. The van der Waals surface area contributed by atoms with Crippen LogP contribution in [-0.4, -0.2) is 31.8 Å². The van der Waals surface area contributed by atoms with Crippen molar-refractivity contribution < 1.29 is 19.4 Å². The molecule has 2 heterocycles. The van der Waals surface area contributed by atoms with E-state index in [0.29, 0.717) is 24.5 Å². The third kappa shape index (κ3) is 1.98. The van der Waals surface area contributed by atoms with Gasteiger partial charge in [-0.2, -0.15) is 0 Å². The molecule has 1 aromatic heterocycles. The monoisotopic (exact) mass is 276 g/mol. The predicted molar refractivity (Wildman–Crippen MR) is 68.9 cm³/mol. The molecule has 0 bridgehead atoms. The summed E-state index contributed by atoms with van der Waals surface area (Å²) in [4.78, 5) is 15.3. The molecule has 0 aliphatic carbocycles. The van der Waals surface area contributed by atoms with Crippen LogP contribution in [0.2, 0.25) is 0 Å². The fraction of sp³-hybridized carbons (Fsp3) is 0.286. The van der Waals surface area contributed by atoms with Crippen molar-refractivity contribution in [3.8, 4) is 11.4 Å². The van der Waals surface area contributed by atoms with E-state index in [9.17, 15) is 19.4 Å². The Kier molecular flexibility index (Phi) is 3.02. The number of hydrogen-bond donors (Lipinski definition) is 2. The number of fused-ring (bicyclic) bond motifs is 1. The second kappa shape index (κ2) is 4.72. The van der Waals surface area contributed by atoms with Gasteiger partial charge in [0, 0.05) is 13.0 Å². The fourth-order valence-corrected chi connectivity index (χ4v) is 2.56. The van der Waals surface area contributed by atoms with Gasteiger partial charge >= 0.3 is 5.97 Å². The van der Waals surface area contributed by atoms with Crippen molar-refractivity contribution >= 4 is 5.97 Å². The van der Waals surface area contributed by atoms with E-state index in [0.717, 1.165) is 0 Å². The summed E-state index contributed by atoms with van der Waals surface area (Å²) in [5, 5.41) is 18.9. The maximum absolute atomic E-state index is 13.9. The van der Waals surface area contributed by atoms with Crippen LogP contribution in [0, 0.1) is 5.82 Å². The average molecular weight is 276 g/mol. The van der Waals surface area contributed by atoms with Crippen molar-refractivity contribution in [1.29, 1.82) is 0 Å². The molecule has 1 unspecified atom stereocenters. The molecular formula is C14H13FN2O3. The van der Waals surface area contributed by atoms with Crippen LogP contribution >= 0.6 is 0 Å². The molecule has 3 rings (SSSR count). The zero-order valence-electron chi connectivity index (χ0n) is 10.6. The Bertz CT molecular complexity index is 681. The number of hydrogen-bond acceptors (Lipinski definition) is 3. The topological polar surface area (TPSA) is 75.3 Å². The van der Waals surface area contributed by atoms with Crippen molar-refractivity contribution in [2.24, 2.45) is 0 Å². The third-order valence-electron chi connectivity index (χ3n) is 3.50. The molecular weight excluding hydrogens is 263 g/mol. The smallest absolute Gasteiger partial charge is 0.356 e. The minimum absolute atomic E-state index is 0.109. The third-order valence-corrected chi connectivity index (χ3v) is 3.50. The number of carbonyl (C=O) groups is 1. The van der Waals surface area contributed by atoms with Gasteiger partial charge in [0.25, 0.3) is 0 Å². The minimum atomic E-state index is -1.16. The molecule has 5 nitrogen and oxygen atoms in total. The number of nitrogens with zero attached hydrogens (tertiary/aromatic N) is 2. The summed E-state index contributed by atoms with van der Waals surface area (Å²) in [7, 11) is 0. The summed E-state index contributed by atoms with van der Waals surface area (Å²) in [5.41, 5.74) is 0.620. The Morgan fingerprint density at radius 2 is 2.15 bits per heavy atom. The molecule has 0 fully saturated rings. The minimum Gasteiger partial charge on any atom is -0.476 e. The highest BCUT2D eigenvalue weighted by molar-refractivity contribution is 5.88. The zero-order valence-corrected chi connectivity index (χ0v) is 10.6. The van der Waals surface area contributed by atoms with E-state index in [1.54, 1.807) is 22.8 Å². The van der Waals surface area contributed by atoms with Gasteiger partial charge < -0.3 is 14.8 Å². The molecule has 1 aliphatic rings. The SMILES string of the molecule is O=C(O)c1nc(-c2ccccc2F)n2c1CC(O)CC2. The average Bonchev–Trinajstić information content (AvgIpc) is 2.78. The quantitative estimate of drug-likeness (QED) is 0.875. The lowest BCUT2D eigenvalue weighted by molar-refractivity contribution is 0.0687. The Labute approximate surface area is 114 Å². The van der Waals surface area contributed by atoms with Crippen LogP contribution in [-0.2, 0) is 13.0 Å². The molecule has 2 aromatic rings. The second-order valence-electron chi connectivity index (χ2n) is 4.81. The summed E-state index contributed by atoms with van der Waals surface area (Å²) in [6, 6.07) is 6.13. The van der Waals surface area contributed by atoms with Gasteiger partial charge in [-0.25, -0.2) is 14.2 Å². The van der Waals surface area contributed by atoms with E-state index in [-0.39, 0.29) is 17.7 Å². The molecule has 1 atom stereocenters. The first kappa shape index (κ1) is 12.8. The van der Waals surface area contributed by atoms with Crippen molar-refractivity contribution in [3.63, 3.8) is 0 Å². The van der Waals surface area contributed by atoms with Gasteiger partial charge in [0.2, 0.25) is 0 Å². The number of aliphatic hydroxyl groups is 1. The van der Waals surface area contributed by atoms with E-state index in [1.807, 2.05) is 0 Å². The number of aliphatic hydroxyl groups excluding tert-OH is 1. The van der Waals surface area contributed by atoms with Crippen molar-refractivity contribution in [1.82, 2.24) is 9.55 Å². The molecule has 0 amide bonds. The molecule has 104 valence electrons. The Hall–Kier alpha value is -2.21. The van der Waals surface area contributed by atoms with Crippen molar-refractivity contribution in [2.75, 3.05) is 0 Å². The lowest BCUT2D eigenvalue weighted by Crippen LogP contribution is -2.24. The maximum Gasteiger partial charge on any atom is 0.356 e. The largest absolute Gasteiger partial charge is 0.476 e. The van der Waals surface area contributed by atoms with Gasteiger partial charge in [0.1, 0.15) is 11.6 Å². The number of aromatic carboxylic acids is 1. The summed E-state index contributed by atoms with van der Waals surface area (Å²) in [6.45, 7) is 0.431. The summed E-state index contributed by atoms with van der Waals surface area (Å²) < 4.78 is 15.6. The standard InChI is InChI=1S/C14H13FN2O3/c15-10-4-2-1-3-9(10)13-16-12(14(19)20)11-7-8(18)5-6-17(11)13/h1-4,8,18H,5-7H2,(H,19,20). The lowest BCUT2D eigenvalue weighted by Gasteiger charge is -2.21. The van der Waals surface area contributed by atoms with Crippen molar-refractivity contribution in [3.05, 3.63) is 41.5 Å². The molecule has 0 saturated carbocycles. The van der Waals surface area contributed by atoms with E-state index in [2.05, 4.69) is 4.98 Å². The Morgan fingerprint density at radius 1 is 1.40 bits per heavy atom. The van der Waals surface area contributed by atoms with Crippen LogP contribution in [0.25, 0.3) is 11.4 Å². The first-order valence-corrected chi connectivity index (χ1v) is 6.33. The van der Waals surface area contributed by atoms with Crippen LogP contribution in [0.1, 0.15) is 22.6 Å². The van der Waals surface area contributed by atoms with E-state index >= 15 is 0 Å². The number of aromatic nitrogens is 2. The zero-order chi connectivity index (χ0) is 14.3. The number of imidazole rings is 1. The Balaban J connectivity index is 2.20. The number of carboxylic acid groups (broad SMARTS) is 1. The lowest BCUT2D eigenvalue weighted by atomic mass is 10.0. The number of halogens is 1. The van der Waals surface area contributed by atoms with Gasteiger partial charge in [-0.1, -0.05) is 12.1 Å². The second-order valence-corrected chi connectivity index (χ2v) is 4.81. The highest BCUT2D eigenvalue weighted by Crippen LogP contribution is 2.29. The van der Waals surface area contributed by atoms with Crippen molar-refractivity contribution in [2.45, 2.75) is 25.5 Å². The van der Waals surface area contributed by atoms with Crippen LogP contribution in [0.15, 0.2) is 24.3 Å². The maximum atomic E-state index is 13.9. The molecule has 0 saturated heterocycles. The predicted octanol–water partition coefficient (Wildman–Crippen LogP) is 1.69. The van der Waals surface area contributed by atoms with Crippen LogP contribution < -0.4 is 0 Å². The first-order chi connectivity index (χ1) is 9.58. The summed E-state index contributed by atoms with van der Waals surface area (Å²) in [5.74, 6) is -1.30. The van der Waals surface area contributed by atoms with Crippen LogP contribution in [0.5, 0.6) is 0 Å². The Morgan fingerprint density at radius 3 is 2.85 bits per heavy atom. The molecule has 0 spiro atoms.